The van der Waals surface area contributed by atoms with Crippen LogP contribution in [0.1, 0.15) is 66.6 Å². The van der Waals surface area contributed by atoms with Crippen molar-refractivity contribution >= 4 is 39.4 Å². The molecule has 7 N–H and O–H groups in total. The van der Waals surface area contributed by atoms with E-state index in [-0.39, 0.29) is 103 Å². The monoisotopic (exact) mass is 1130 g/mol. The molecular formula is C59H62F5N11O7. The van der Waals surface area contributed by atoms with Crippen molar-refractivity contribution in [2.45, 2.75) is 77.5 Å². The molecule has 430 valence electrons. The van der Waals surface area contributed by atoms with E-state index in [2.05, 4.69) is 36.1 Å². The van der Waals surface area contributed by atoms with Crippen LogP contribution in [0.15, 0.2) is 103 Å². The zero-order chi connectivity index (χ0) is 58.4. The maximum Gasteiger partial charge on any atom is 0.417 e. The molecule has 4 unspecified atom stereocenters. The number of methoxy groups -OCH3 is 1. The first-order chi connectivity index (χ1) is 39.3. The minimum Gasteiger partial charge on any atom is -0.486 e. The van der Waals surface area contributed by atoms with E-state index in [1.165, 1.54) is 42.3 Å². The van der Waals surface area contributed by atoms with Crippen molar-refractivity contribution in [1.82, 2.24) is 45.8 Å². The Hall–Kier alpha value is -8.38. The van der Waals surface area contributed by atoms with Gasteiger partial charge in [-0.1, -0.05) is 91.9 Å². The normalized spacial score (nSPS) is 14.8. The number of aromatic amines is 1. The summed E-state index contributed by atoms with van der Waals surface area (Å²) in [5.74, 6) is -3.33. The van der Waals surface area contributed by atoms with Crippen molar-refractivity contribution < 1.29 is 56.0 Å². The highest BCUT2D eigenvalue weighted by Gasteiger charge is 2.39. The van der Waals surface area contributed by atoms with E-state index in [4.69, 9.17) is 24.9 Å². The van der Waals surface area contributed by atoms with Gasteiger partial charge in [0.2, 0.25) is 11.8 Å². The number of halogens is 5. The Morgan fingerprint density at radius 2 is 1.70 bits per heavy atom. The van der Waals surface area contributed by atoms with E-state index in [1.54, 1.807) is 54.4 Å². The number of nitrogens with one attached hydrogen (secondary N) is 3. The number of benzene rings is 5. The van der Waals surface area contributed by atoms with Gasteiger partial charge >= 0.3 is 12.2 Å². The van der Waals surface area contributed by atoms with Crippen molar-refractivity contribution in [1.29, 1.82) is 0 Å². The lowest BCUT2D eigenvalue weighted by molar-refractivity contribution is -0.137. The predicted molar refractivity (Wildman–Crippen MR) is 297 cm³/mol. The average molecular weight is 1130 g/mol. The molecule has 1 aliphatic rings. The van der Waals surface area contributed by atoms with Crippen LogP contribution >= 0.6 is 0 Å². The first-order valence-corrected chi connectivity index (χ1v) is 26.6. The number of alkyl halides is 3. The third-order valence-electron chi connectivity index (χ3n) is 14.3. The summed E-state index contributed by atoms with van der Waals surface area (Å²) in [6.45, 7) is 7.49. The number of amides is 2. The van der Waals surface area contributed by atoms with Gasteiger partial charge in [0.05, 0.1) is 42.7 Å². The topological polar surface area (TPSA) is 241 Å². The van der Waals surface area contributed by atoms with Crippen LogP contribution in [0.25, 0.3) is 55.3 Å². The molecule has 0 saturated heterocycles. The van der Waals surface area contributed by atoms with Gasteiger partial charge in [0, 0.05) is 65.8 Å². The van der Waals surface area contributed by atoms with Crippen LogP contribution in [0.5, 0.6) is 11.8 Å². The summed E-state index contributed by atoms with van der Waals surface area (Å²) in [4.78, 5) is 37.8. The Labute approximate surface area is 468 Å². The first-order valence-electron chi connectivity index (χ1n) is 26.6. The first kappa shape index (κ1) is 58.3. The Kier molecular flexibility index (Phi) is 17.9. The number of carbonyl (C=O) groups excluding carboxylic acids is 2. The van der Waals surface area contributed by atoms with Crippen LogP contribution in [-0.2, 0) is 27.1 Å². The molecule has 82 heavy (non-hydrogen) atoms. The number of aromatic nitrogens is 7. The van der Waals surface area contributed by atoms with E-state index in [1.807, 2.05) is 39.0 Å². The molecule has 2 amide bonds. The Morgan fingerprint density at radius 1 is 0.939 bits per heavy atom. The largest absolute Gasteiger partial charge is 0.486 e. The van der Waals surface area contributed by atoms with Gasteiger partial charge in [-0.15, -0.1) is 5.10 Å². The van der Waals surface area contributed by atoms with Crippen molar-refractivity contribution in [2.75, 3.05) is 51.5 Å². The number of anilines is 1. The van der Waals surface area contributed by atoms with E-state index < -0.39 is 60.1 Å². The van der Waals surface area contributed by atoms with Gasteiger partial charge in [-0.25, -0.2) is 13.5 Å². The number of fused-ring (bicyclic) bond motifs is 2. The smallest absolute Gasteiger partial charge is 0.417 e. The SMILES string of the molecule is COCCOc1nc(N2CC=CC(N)C2)c2cc(C(F)(F)F)c(-c3c(C)c(C)cc4[nH]ncc34)c(OCc3ccc(-c4cn(C(C(=O)NCCCC(O)C(=O)NC(CO)c5ccc(-c6cccc(F)c6F)cc5)C(C)C)nn4)cc3)c2n1. The highest BCUT2D eigenvalue weighted by molar-refractivity contribution is 6.06. The molecule has 0 spiro atoms. The Bertz CT molecular complexity index is 3610. The van der Waals surface area contributed by atoms with Crippen LogP contribution in [0.3, 0.4) is 0 Å². The van der Waals surface area contributed by atoms with E-state index in [0.29, 0.717) is 51.0 Å². The van der Waals surface area contributed by atoms with Crippen molar-refractivity contribution in [2.24, 2.45) is 11.7 Å². The van der Waals surface area contributed by atoms with Gasteiger partial charge in [-0.05, 0) is 78.6 Å². The van der Waals surface area contributed by atoms with Gasteiger partial charge in [0.25, 0.3) is 0 Å². The van der Waals surface area contributed by atoms with Gasteiger partial charge in [-0.2, -0.15) is 28.2 Å². The second kappa shape index (κ2) is 25.2. The van der Waals surface area contributed by atoms with Gasteiger partial charge in [0.1, 0.15) is 42.4 Å². The number of rotatable bonds is 22. The molecule has 0 bridgehead atoms. The molecule has 18 nitrogen and oxygen atoms in total. The molecule has 0 aliphatic carbocycles. The van der Waals surface area contributed by atoms with Gasteiger partial charge in [-0.3, -0.25) is 14.7 Å². The number of nitrogens with zero attached hydrogens (tertiary/aromatic N) is 7. The fourth-order valence-corrected chi connectivity index (χ4v) is 9.98. The summed E-state index contributed by atoms with van der Waals surface area (Å²) in [7, 11) is 1.51. The number of hydrogen-bond acceptors (Lipinski definition) is 14. The van der Waals surface area contributed by atoms with E-state index in [0.717, 1.165) is 17.7 Å². The van der Waals surface area contributed by atoms with E-state index >= 15 is 13.2 Å². The van der Waals surface area contributed by atoms with Crippen molar-refractivity contribution in [3.8, 4) is 45.3 Å². The van der Waals surface area contributed by atoms with Crippen molar-refractivity contribution in [3.05, 3.63) is 143 Å². The summed E-state index contributed by atoms with van der Waals surface area (Å²) in [6.07, 6.45) is 0.619. The number of aliphatic hydroxyl groups excluding tert-OH is 2. The molecule has 0 saturated carbocycles. The minimum atomic E-state index is -4.89. The molecule has 8 aromatic rings. The lowest BCUT2D eigenvalue weighted by atomic mass is 9.88. The van der Waals surface area contributed by atoms with Crippen LogP contribution < -0.4 is 30.7 Å². The maximum atomic E-state index is 15.8. The number of H-pyrrole nitrogens is 1. The highest BCUT2D eigenvalue weighted by atomic mass is 19.4. The molecule has 0 radical (unpaired) electrons. The lowest BCUT2D eigenvalue weighted by Crippen LogP contribution is -2.40. The molecule has 3 aromatic heterocycles. The number of aliphatic hydroxyl groups is 2. The van der Waals surface area contributed by atoms with Crippen LogP contribution in [0, 0.1) is 31.4 Å². The van der Waals surface area contributed by atoms with Crippen LogP contribution in [0.2, 0.25) is 0 Å². The second-order valence-electron chi connectivity index (χ2n) is 20.4. The molecule has 1 aliphatic heterocycles. The molecule has 4 atom stereocenters. The molecule has 0 fully saturated rings. The van der Waals surface area contributed by atoms with Crippen LogP contribution in [0.4, 0.5) is 27.8 Å². The summed E-state index contributed by atoms with van der Waals surface area (Å²) in [5, 5.41) is 42.5. The third kappa shape index (κ3) is 12.7. The average Bonchev–Trinajstić information content (AvgIpc) is 4.30. The summed E-state index contributed by atoms with van der Waals surface area (Å²) >= 11 is 0. The summed E-state index contributed by atoms with van der Waals surface area (Å²) in [5.41, 5.74) is 9.88. The standard InChI is InChI=1S/C59H62F5N11O7/c1-32(2)53(57(79)66-21-7-12-48(77)56(78)68-47(30-76)38-19-17-36(18-20-38)40-10-6-11-44(60)51(40)61)75-29-46(72-73-75)37-15-13-35(14-16-37)31-82-54-50(49-34(4)33(3)25-45-42(49)27-67-71-45)43(59(62,63)64)26-41-52(54)69-58(81-24-23-80-5)70-55(41)74-22-8-9-39(65)28-74/h6,8-11,13-20,25-27,29,32,39,47-48,53,76-77H,7,12,21-24,28,30-31,65H2,1-5H3,(H,66,79)(H,67,71)(H,68,78). The minimum absolute atomic E-state index is 0.0192. The van der Waals surface area contributed by atoms with Gasteiger partial charge < -0.3 is 45.7 Å². The lowest BCUT2D eigenvalue weighted by Gasteiger charge is -2.30. The van der Waals surface area contributed by atoms with Crippen molar-refractivity contribution in [3.63, 3.8) is 0 Å². The third-order valence-corrected chi connectivity index (χ3v) is 14.3. The zero-order valence-electron chi connectivity index (χ0n) is 45.6. The Morgan fingerprint density at radius 3 is 2.40 bits per heavy atom. The fraction of sp³-hybridized carbons (Fsp3) is 0.339. The predicted octanol–water partition coefficient (Wildman–Crippen LogP) is 8.62. The number of nitrogens with two attached hydrogens (primary N) is 1. The highest BCUT2D eigenvalue weighted by Crippen LogP contribution is 2.51. The maximum absolute atomic E-state index is 15.8. The number of ether oxygens (including phenoxy) is 3. The summed E-state index contributed by atoms with van der Waals surface area (Å²) < 4.78 is 94.9. The number of carbonyl (C=O) groups is 2. The molecule has 5 aromatic carbocycles. The van der Waals surface area contributed by atoms with Gasteiger partial charge in [0.15, 0.2) is 17.4 Å². The molecule has 4 heterocycles. The quantitative estimate of drug-likeness (QED) is 0.0212. The fourth-order valence-electron chi connectivity index (χ4n) is 9.98. The second-order valence-corrected chi connectivity index (χ2v) is 20.4. The number of aryl methyl sites for hydroxylation is 1. The summed E-state index contributed by atoms with van der Waals surface area (Å²) in [6, 6.07) is 17.7. The van der Waals surface area contributed by atoms with E-state index in [9.17, 15) is 28.6 Å². The Balaban J connectivity index is 0.906. The molecular weight excluding hydrogens is 1070 g/mol. The zero-order valence-corrected chi connectivity index (χ0v) is 45.6. The number of hydrogen-bond donors (Lipinski definition) is 6. The molecule has 9 rings (SSSR count). The molecule has 23 heteroatoms. The van der Waals surface area contributed by atoms with Crippen LogP contribution in [-0.4, -0.2) is 116 Å².